The van der Waals surface area contributed by atoms with Crippen molar-refractivity contribution in [2.45, 2.75) is 32.6 Å². The Balaban J connectivity index is 1.90. The molecule has 0 saturated heterocycles. The second-order valence-corrected chi connectivity index (χ2v) is 5.23. The smallest absolute Gasteiger partial charge is 0.335 e. The molecule has 1 aliphatic carbocycles. The van der Waals surface area contributed by atoms with E-state index in [1.165, 1.54) is 23.6 Å². The largest absolute Gasteiger partial charge is 0.478 e. The Morgan fingerprint density at radius 1 is 1.24 bits per heavy atom. The Hall–Kier alpha value is -2.36. The number of carboxylic acid groups (broad SMARTS) is 1. The predicted octanol–water partition coefficient (Wildman–Crippen LogP) is 3.62. The van der Waals surface area contributed by atoms with Crippen molar-refractivity contribution in [1.29, 1.82) is 0 Å². The lowest BCUT2D eigenvalue weighted by Gasteiger charge is -2.09. The highest BCUT2D eigenvalue weighted by molar-refractivity contribution is 5.88. The standard InChI is InChI=1S/C17H17NO3/c1-2-14-8-13(17(19)20)10-16(18-14)21-15-7-6-11-4-3-5-12(11)9-15/h6-10H,2-5H2,1H3,(H,19,20). The van der Waals surface area contributed by atoms with Crippen molar-refractivity contribution in [3.05, 3.63) is 52.7 Å². The molecule has 0 atom stereocenters. The molecule has 0 aliphatic heterocycles. The van der Waals surface area contributed by atoms with Crippen molar-refractivity contribution in [1.82, 2.24) is 4.98 Å². The van der Waals surface area contributed by atoms with Crippen LogP contribution in [0.15, 0.2) is 30.3 Å². The molecular formula is C17H17NO3. The van der Waals surface area contributed by atoms with Crippen LogP contribution in [0.4, 0.5) is 0 Å². The third-order valence-electron chi connectivity index (χ3n) is 3.76. The normalized spacial score (nSPS) is 13.0. The van der Waals surface area contributed by atoms with Crippen LogP contribution in [-0.2, 0) is 19.3 Å². The van der Waals surface area contributed by atoms with Gasteiger partial charge in [0.25, 0.3) is 0 Å². The third kappa shape index (κ3) is 2.89. The molecule has 3 rings (SSSR count). The molecule has 21 heavy (non-hydrogen) atoms. The van der Waals surface area contributed by atoms with Crippen LogP contribution in [0, 0.1) is 0 Å². The number of carboxylic acids is 1. The van der Waals surface area contributed by atoms with Crippen molar-refractivity contribution >= 4 is 5.97 Å². The third-order valence-corrected chi connectivity index (χ3v) is 3.76. The fourth-order valence-electron chi connectivity index (χ4n) is 2.65. The van der Waals surface area contributed by atoms with Gasteiger partial charge in [-0.05, 0) is 55.0 Å². The summed E-state index contributed by atoms with van der Waals surface area (Å²) in [5, 5.41) is 9.14. The van der Waals surface area contributed by atoms with E-state index in [4.69, 9.17) is 9.84 Å². The van der Waals surface area contributed by atoms with E-state index >= 15 is 0 Å². The Bertz CT molecular complexity index is 694. The number of pyridine rings is 1. The Kier molecular flexibility index (Phi) is 3.60. The minimum absolute atomic E-state index is 0.206. The maximum Gasteiger partial charge on any atom is 0.335 e. The Labute approximate surface area is 123 Å². The van der Waals surface area contributed by atoms with Crippen molar-refractivity contribution < 1.29 is 14.6 Å². The van der Waals surface area contributed by atoms with E-state index in [1.54, 1.807) is 6.07 Å². The molecule has 1 aromatic carbocycles. The lowest BCUT2D eigenvalue weighted by atomic mass is 10.1. The summed E-state index contributed by atoms with van der Waals surface area (Å²) in [6.07, 6.45) is 4.06. The van der Waals surface area contributed by atoms with Crippen molar-refractivity contribution in [2.24, 2.45) is 0 Å². The van der Waals surface area contributed by atoms with Gasteiger partial charge in [-0.3, -0.25) is 0 Å². The quantitative estimate of drug-likeness (QED) is 0.931. The fraction of sp³-hybridized carbons (Fsp3) is 0.294. The summed E-state index contributed by atoms with van der Waals surface area (Å²) in [5.74, 6) is 0.0864. The van der Waals surface area contributed by atoms with Gasteiger partial charge in [-0.1, -0.05) is 13.0 Å². The van der Waals surface area contributed by atoms with Crippen molar-refractivity contribution in [3.8, 4) is 11.6 Å². The van der Waals surface area contributed by atoms with Crippen LogP contribution in [0.25, 0.3) is 0 Å². The number of ether oxygens (including phenoxy) is 1. The summed E-state index contributed by atoms with van der Waals surface area (Å²) >= 11 is 0. The molecular weight excluding hydrogens is 266 g/mol. The molecule has 1 aromatic heterocycles. The molecule has 0 unspecified atom stereocenters. The van der Waals surface area contributed by atoms with Crippen LogP contribution >= 0.6 is 0 Å². The number of hydrogen-bond acceptors (Lipinski definition) is 3. The summed E-state index contributed by atoms with van der Waals surface area (Å²) in [4.78, 5) is 15.5. The lowest BCUT2D eigenvalue weighted by Crippen LogP contribution is -2.01. The number of hydrogen-bond donors (Lipinski definition) is 1. The average molecular weight is 283 g/mol. The van der Waals surface area contributed by atoms with Gasteiger partial charge in [0.1, 0.15) is 5.75 Å². The minimum Gasteiger partial charge on any atom is -0.478 e. The van der Waals surface area contributed by atoms with E-state index in [9.17, 15) is 4.79 Å². The van der Waals surface area contributed by atoms with Gasteiger partial charge in [0, 0.05) is 11.8 Å². The van der Waals surface area contributed by atoms with E-state index in [1.807, 2.05) is 19.1 Å². The molecule has 4 nitrogen and oxygen atoms in total. The SMILES string of the molecule is CCc1cc(C(=O)O)cc(Oc2ccc3c(c2)CCC3)n1. The van der Waals surface area contributed by atoms with Gasteiger partial charge in [-0.2, -0.15) is 0 Å². The van der Waals surface area contributed by atoms with Crippen LogP contribution in [0.3, 0.4) is 0 Å². The first kappa shape index (κ1) is 13.6. The highest BCUT2D eigenvalue weighted by atomic mass is 16.5. The number of nitrogens with zero attached hydrogens (tertiary/aromatic N) is 1. The summed E-state index contributed by atoms with van der Waals surface area (Å²) in [6, 6.07) is 9.08. The first-order valence-corrected chi connectivity index (χ1v) is 7.19. The van der Waals surface area contributed by atoms with E-state index in [-0.39, 0.29) is 5.56 Å². The summed E-state index contributed by atoms with van der Waals surface area (Å²) in [5.41, 5.74) is 3.62. The van der Waals surface area contributed by atoms with Gasteiger partial charge in [0.2, 0.25) is 5.88 Å². The highest BCUT2D eigenvalue weighted by Crippen LogP contribution is 2.28. The zero-order chi connectivity index (χ0) is 14.8. The van der Waals surface area contributed by atoms with Gasteiger partial charge in [-0.25, -0.2) is 9.78 Å². The summed E-state index contributed by atoms with van der Waals surface area (Å²) in [7, 11) is 0. The molecule has 1 aliphatic rings. The number of fused-ring (bicyclic) bond motifs is 1. The zero-order valence-corrected chi connectivity index (χ0v) is 11.9. The number of aromatic nitrogens is 1. The van der Waals surface area contributed by atoms with E-state index in [0.717, 1.165) is 12.8 Å². The van der Waals surface area contributed by atoms with Crippen molar-refractivity contribution in [2.75, 3.05) is 0 Å². The summed E-state index contributed by atoms with van der Waals surface area (Å²) in [6.45, 7) is 1.94. The van der Waals surface area contributed by atoms with Crippen LogP contribution in [-0.4, -0.2) is 16.1 Å². The minimum atomic E-state index is -0.967. The molecule has 108 valence electrons. The van der Waals surface area contributed by atoms with Gasteiger partial charge < -0.3 is 9.84 Å². The first-order chi connectivity index (χ1) is 10.2. The highest BCUT2D eigenvalue weighted by Gasteiger charge is 2.13. The average Bonchev–Trinajstić information content (AvgIpc) is 2.94. The molecule has 0 amide bonds. The topological polar surface area (TPSA) is 59.4 Å². The maximum absolute atomic E-state index is 11.1. The molecule has 0 spiro atoms. The van der Waals surface area contributed by atoms with Gasteiger partial charge in [0.05, 0.1) is 5.56 Å². The van der Waals surface area contributed by atoms with Crippen LogP contribution in [0.1, 0.15) is 40.5 Å². The lowest BCUT2D eigenvalue weighted by molar-refractivity contribution is 0.0696. The number of rotatable bonds is 4. The van der Waals surface area contributed by atoms with E-state index in [0.29, 0.717) is 23.7 Å². The van der Waals surface area contributed by atoms with Crippen LogP contribution in [0.2, 0.25) is 0 Å². The second kappa shape index (κ2) is 5.56. The second-order valence-electron chi connectivity index (χ2n) is 5.23. The Morgan fingerprint density at radius 2 is 2.05 bits per heavy atom. The molecule has 0 radical (unpaired) electrons. The molecule has 0 bridgehead atoms. The zero-order valence-electron chi connectivity index (χ0n) is 11.9. The van der Waals surface area contributed by atoms with Crippen LogP contribution in [0.5, 0.6) is 11.6 Å². The fourth-order valence-corrected chi connectivity index (χ4v) is 2.65. The van der Waals surface area contributed by atoms with Gasteiger partial charge >= 0.3 is 5.97 Å². The molecule has 0 fully saturated rings. The monoisotopic (exact) mass is 283 g/mol. The van der Waals surface area contributed by atoms with Gasteiger partial charge in [0.15, 0.2) is 0 Å². The van der Waals surface area contributed by atoms with Gasteiger partial charge in [-0.15, -0.1) is 0 Å². The van der Waals surface area contributed by atoms with Crippen molar-refractivity contribution in [3.63, 3.8) is 0 Å². The van der Waals surface area contributed by atoms with Crippen LogP contribution < -0.4 is 4.74 Å². The Morgan fingerprint density at radius 3 is 2.81 bits per heavy atom. The van der Waals surface area contributed by atoms with E-state index < -0.39 is 5.97 Å². The number of aryl methyl sites for hydroxylation is 3. The molecule has 1 N–H and O–H groups in total. The molecule has 2 aromatic rings. The molecule has 1 heterocycles. The maximum atomic E-state index is 11.1. The number of aromatic carboxylic acids is 1. The van der Waals surface area contributed by atoms with E-state index in [2.05, 4.69) is 11.1 Å². The number of benzene rings is 1. The molecule has 0 saturated carbocycles. The molecule has 4 heteroatoms. The predicted molar refractivity (Wildman–Crippen MR) is 79.1 cm³/mol. The number of carbonyl (C=O) groups is 1. The summed E-state index contributed by atoms with van der Waals surface area (Å²) < 4.78 is 5.76. The first-order valence-electron chi connectivity index (χ1n) is 7.19.